The van der Waals surface area contributed by atoms with Gasteiger partial charge in [-0.15, -0.1) is 0 Å². The third-order valence-corrected chi connectivity index (χ3v) is 4.20. The van der Waals surface area contributed by atoms with E-state index in [0.717, 1.165) is 11.4 Å². The third-order valence-electron chi connectivity index (χ3n) is 3.87. The average Bonchev–Trinajstić information content (AvgIpc) is 3.17. The number of esters is 1. The largest absolute Gasteiger partial charge is 0.467 e. The summed E-state index contributed by atoms with van der Waals surface area (Å²) < 4.78 is 15.7. The number of ether oxygens (including phenoxy) is 2. The summed E-state index contributed by atoms with van der Waals surface area (Å²) in [6.07, 6.45) is 1.64. The number of nitrogens with zero attached hydrogens (tertiary/aromatic N) is 1. The number of nitrogens with one attached hydrogen (secondary N) is 1. The molecule has 0 saturated carbocycles. The molecule has 0 radical (unpaired) electrons. The van der Waals surface area contributed by atoms with E-state index >= 15 is 0 Å². The van der Waals surface area contributed by atoms with Crippen LogP contribution >= 0.6 is 12.2 Å². The fraction of sp³-hybridized carbons (Fsp3) is 0.368. The van der Waals surface area contributed by atoms with Crippen LogP contribution in [0.5, 0.6) is 0 Å². The highest BCUT2D eigenvalue weighted by atomic mass is 32.1. The highest BCUT2D eigenvalue weighted by Crippen LogP contribution is 2.22. The molecule has 0 amide bonds. The summed E-state index contributed by atoms with van der Waals surface area (Å²) in [5.41, 5.74) is 1.29. The number of benzene rings is 1. The summed E-state index contributed by atoms with van der Waals surface area (Å²) >= 11 is 5.57. The van der Waals surface area contributed by atoms with Crippen molar-refractivity contribution in [3.8, 4) is 0 Å². The molecule has 140 valence electrons. The van der Waals surface area contributed by atoms with Gasteiger partial charge in [0.2, 0.25) is 0 Å². The van der Waals surface area contributed by atoms with Gasteiger partial charge in [0.05, 0.1) is 31.1 Å². The second-order valence-corrected chi connectivity index (χ2v) is 5.99. The van der Waals surface area contributed by atoms with E-state index in [1.54, 1.807) is 44.6 Å². The predicted molar refractivity (Wildman–Crippen MR) is 104 cm³/mol. The van der Waals surface area contributed by atoms with Crippen LogP contribution < -0.4 is 5.32 Å². The van der Waals surface area contributed by atoms with Gasteiger partial charge >= 0.3 is 5.97 Å². The van der Waals surface area contributed by atoms with Crippen LogP contribution in [0.3, 0.4) is 0 Å². The van der Waals surface area contributed by atoms with E-state index < -0.39 is 0 Å². The van der Waals surface area contributed by atoms with E-state index in [4.69, 9.17) is 26.1 Å². The number of carbonyl (C=O) groups is 1. The Balaban J connectivity index is 2.07. The summed E-state index contributed by atoms with van der Waals surface area (Å²) in [6.45, 7) is 5.30. The quantitative estimate of drug-likeness (QED) is 0.554. The summed E-state index contributed by atoms with van der Waals surface area (Å²) in [6, 6.07) is 10.7. The molecule has 6 nitrogen and oxygen atoms in total. The average molecular weight is 376 g/mol. The minimum atomic E-state index is -0.338. The third kappa shape index (κ3) is 5.31. The summed E-state index contributed by atoms with van der Waals surface area (Å²) in [5, 5.41) is 3.75. The van der Waals surface area contributed by atoms with Crippen molar-refractivity contribution in [2.24, 2.45) is 0 Å². The Morgan fingerprint density at radius 2 is 2.04 bits per heavy atom. The molecule has 7 heteroatoms. The van der Waals surface area contributed by atoms with Gasteiger partial charge in [-0.1, -0.05) is 0 Å². The van der Waals surface area contributed by atoms with E-state index in [0.29, 0.717) is 30.4 Å². The fourth-order valence-electron chi connectivity index (χ4n) is 2.44. The van der Waals surface area contributed by atoms with Crippen LogP contribution in [0.25, 0.3) is 0 Å². The van der Waals surface area contributed by atoms with E-state index in [1.165, 1.54) is 0 Å². The lowest BCUT2D eigenvalue weighted by molar-refractivity contribution is 0.0526. The van der Waals surface area contributed by atoms with Gasteiger partial charge in [-0.05, 0) is 62.5 Å². The molecule has 0 fully saturated rings. The second-order valence-electron chi connectivity index (χ2n) is 5.61. The molecule has 0 bridgehead atoms. The molecule has 1 aromatic carbocycles. The molecule has 1 heterocycles. The number of carbonyl (C=O) groups excluding carboxylic acids is 1. The summed E-state index contributed by atoms with van der Waals surface area (Å²) in [7, 11) is 1.65. The lowest BCUT2D eigenvalue weighted by Crippen LogP contribution is -2.39. The van der Waals surface area contributed by atoms with Crippen LogP contribution in [-0.2, 0) is 9.47 Å². The Morgan fingerprint density at radius 3 is 2.62 bits per heavy atom. The van der Waals surface area contributed by atoms with Crippen molar-refractivity contribution in [3.63, 3.8) is 0 Å². The maximum atomic E-state index is 11.7. The topological polar surface area (TPSA) is 63.9 Å². The van der Waals surface area contributed by atoms with Crippen molar-refractivity contribution in [3.05, 3.63) is 54.0 Å². The van der Waals surface area contributed by atoms with Crippen LogP contribution in [0.15, 0.2) is 47.1 Å². The molecule has 0 aliphatic rings. The van der Waals surface area contributed by atoms with Gasteiger partial charge in [-0.3, -0.25) is 0 Å². The van der Waals surface area contributed by atoms with Crippen LogP contribution in [-0.4, -0.2) is 42.8 Å². The lowest BCUT2D eigenvalue weighted by atomic mass is 10.2. The van der Waals surface area contributed by atoms with Crippen LogP contribution in [0.1, 0.15) is 36.0 Å². The zero-order chi connectivity index (χ0) is 18.9. The molecule has 0 saturated heterocycles. The molecule has 0 unspecified atom stereocenters. The first-order valence-corrected chi connectivity index (χ1v) is 8.84. The van der Waals surface area contributed by atoms with Crippen molar-refractivity contribution in [1.82, 2.24) is 4.90 Å². The first-order chi connectivity index (χ1) is 12.6. The number of anilines is 1. The Morgan fingerprint density at radius 1 is 1.31 bits per heavy atom. The maximum Gasteiger partial charge on any atom is 0.338 e. The molecule has 2 aromatic rings. The number of thiocarbonyl (C=S) groups is 1. The van der Waals surface area contributed by atoms with Crippen molar-refractivity contribution >= 4 is 29.0 Å². The fourth-order valence-corrected chi connectivity index (χ4v) is 2.81. The molecule has 1 aromatic heterocycles. The SMILES string of the molecule is CCOC(=O)c1ccc(NC(=S)N(CCOC)[C@@H](C)c2ccco2)cc1. The summed E-state index contributed by atoms with van der Waals surface area (Å²) in [4.78, 5) is 13.7. The number of methoxy groups -OCH3 is 1. The Hall–Kier alpha value is -2.38. The van der Waals surface area contributed by atoms with Crippen molar-refractivity contribution in [1.29, 1.82) is 0 Å². The van der Waals surface area contributed by atoms with Gasteiger partial charge in [0.1, 0.15) is 5.76 Å². The number of hydrogen-bond acceptors (Lipinski definition) is 5. The van der Waals surface area contributed by atoms with Crippen LogP contribution in [0.4, 0.5) is 5.69 Å². The first kappa shape index (κ1) is 19.9. The molecule has 0 aliphatic heterocycles. The first-order valence-electron chi connectivity index (χ1n) is 8.44. The zero-order valence-electron chi connectivity index (χ0n) is 15.2. The monoisotopic (exact) mass is 376 g/mol. The van der Waals surface area contributed by atoms with E-state index in [-0.39, 0.29) is 12.0 Å². The highest BCUT2D eigenvalue weighted by Gasteiger charge is 2.21. The molecule has 0 spiro atoms. The van der Waals surface area contributed by atoms with Gasteiger partial charge in [0, 0.05) is 19.3 Å². The molecule has 1 atom stereocenters. The molecule has 26 heavy (non-hydrogen) atoms. The highest BCUT2D eigenvalue weighted by molar-refractivity contribution is 7.80. The van der Waals surface area contributed by atoms with Crippen molar-refractivity contribution in [2.75, 3.05) is 32.2 Å². The van der Waals surface area contributed by atoms with Crippen molar-refractivity contribution in [2.45, 2.75) is 19.9 Å². The van der Waals surface area contributed by atoms with Gasteiger partial charge in [-0.2, -0.15) is 0 Å². The maximum absolute atomic E-state index is 11.7. The standard InChI is InChI=1S/C19H24N2O4S/c1-4-24-18(22)15-7-9-16(10-8-15)20-19(26)21(11-13-23-3)14(2)17-6-5-12-25-17/h5-10,12,14H,4,11,13H2,1-3H3,(H,20,26)/t14-/m0/s1. The molecule has 1 N–H and O–H groups in total. The van der Waals surface area contributed by atoms with E-state index in [1.807, 2.05) is 24.0 Å². The number of furan rings is 1. The smallest absolute Gasteiger partial charge is 0.338 e. The van der Waals surface area contributed by atoms with Gasteiger partial charge in [0.15, 0.2) is 5.11 Å². The minimum Gasteiger partial charge on any atom is -0.467 e. The second kappa shape index (κ2) is 9.94. The summed E-state index contributed by atoms with van der Waals surface area (Å²) in [5.74, 6) is 0.484. The molecular weight excluding hydrogens is 352 g/mol. The Labute approximate surface area is 159 Å². The van der Waals surface area contributed by atoms with Gasteiger partial charge in [-0.25, -0.2) is 4.79 Å². The van der Waals surface area contributed by atoms with Gasteiger partial charge < -0.3 is 24.1 Å². The normalized spacial score (nSPS) is 11.7. The van der Waals surface area contributed by atoms with E-state index in [9.17, 15) is 4.79 Å². The Bertz CT molecular complexity index is 701. The van der Waals surface area contributed by atoms with Crippen molar-refractivity contribution < 1.29 is 18.7 Å². The van der Waals surface area contributed by atoms with Crippen LogP contribution in [0, 0.1) is 0 Å². The van der Waals surface area contributed by atoms with Crippen LogP contribution in [0.2, 0.25) is 0 Å². The zero-order valence-corrected chi connectivity index (χ0v) is 16.0. The lowest BCUT2D eigenvalue weighted by Gasteiger charge is -2.30. The Kier molecular flexibility index (Phi) is 7.62. The predicted octanol–water partition coefficient (Wildman–Crippen LogP) is 3.86. The molecule has 2 rings (SSSR count). The molecular formula is C19H24N2O4S. The number of rotatable bonds is 8. The number of hydrogen-bond donors (Lipinski definition) is 1. The molecule has 0 aliphatic carbocycles. The minimum absolute atomic E-state index is 0.0426. The van der Waals surface area contributed by atoms with E-state index in [2.05, 4.69) is 5.32 Å². The van der Waals surface area contributed by atoms with Gasteiger partial charge in [0.25, 0.3) is 0 Å².